The van der Waals surface area contributed by atoms with Gasteiger partial charge in [0.15, 0.2) is 0 Å². The lowest BCUT2D eigenvalue weighted by molar-refractivity contribution is 1.56. The fourth-order valence-corrected chi connectivity index (χ4v) is 9.95. The van der Waals surface area contributed by atoms with Crippen LogP contribution in [-0.4, -0.2) is 0 Å². The first-order valence-electron chi connectivity index (χ1n) is 22.8. The summed E-state index contributed by atoms with van der Waals surface area (Å²) in [6, 6.07) is 98.1. The molecule has 66 heavy (non-hydrogen) atoms. The number of rotatable bonds is 8. The van der Waals surface area contributed by atoms with Gasteiger partial charge in [0, 0.05) is 0 Å². The Kier molecular flexibility index (Phi) is 9.97. The molecule has 308 valence electrons. The molecule has 0 spiro atoms. The summed E-state index contributed by atoms with van der Waals surface area (Å²) in [5, 5.41) is 7.39. The predicted molar refractivity (Wildman–Crippen MR) is 282 cm³/mol. The standard InChI is InChI=1S/C66H44/c1-5-17-45(18-6-1)55-39-57(53-31-29-47-21-13-15-27-51(47)37-53)43-59(41-55)61-33-35-64-63(65(61)49-23-9-3-10-24-49)36-34-62(66(64)50-25-11-4-12-26-50)60-42-56(46-19-7-2-8-20-46)40-58(44-60)54-32-30-48-22-14-16-28-52(48)38-54/h1-44H. The molecule has 0 fully saturated rings. The Balaban J connectivity index is 1.11. The van der Waals surface area contributed by atoms with Crippen molar-refractivity contribution in [3.8, 4) is 89.0 Å². The molecule has 12 aromatic rings. The van der Waals surface area contributed by atoms with E-state index in [4.69, 9.17) is 0 Å². The fraction of sp³-hybridized carbons (Fsp3) is 0. The van der Waals surface area contributed by atoms with Crippen molar-refractivity contribution in [1.29, 1.82) is 0 Å². The Morgan fingerprint density at radius 2 is 0.455 bits per heavy atom. The lowest BCUT2D eigenvalue weighted by Gasteiger charge is -2.21. The second-order valence-corrected chi connectivity index (χ2v) is 17.3. The van der Waals surface area contributed by atoms with E-state index in [2.05, 4.69) is 267 Å². The number of hydrogen-bond acceptors (Lipinski definition) is 0. The lowest BCUT2D eigenvalue weighted by atomic mass is 9.82. The van der Waals surface area contributed by atoms with E-state index in [9.17, 15) is 0 Å². The van der Waals surface area contributed by atoms with E-state index in [1.165, 1.54) is 121 Å². The summed E-state index contributed by atoms with van der Waals surface area (Å²) in [4.78, 5) is 0. The zero-order valence-corrected chi connectivity index (χ0v) is 36.4. The van der Waals surface area contributed by atoms with Gasteiger partial charge in [0.25, 0.3) is 0 Å². The molecular weight excluding hydrogens is 793 g/mol. The molecule has 0 heteroatoms. The summed E-state index contributed by atoms with van der Waals surface area (Å²) in [6.07, 6.45) is 0. The molecule has 0 amide bonds. The van der Waals surface area contributed by atoms with Crippen molar-refractivity contribution in [2.75, 3.05) is 0 Å². The Bertz CT molecular complexity index is 3470. The number of fused-ring (bicyclic) bond motifs is 3. The smallest absolute Gasteiger partial charge is 0.00266 e. The van der Waals surface area contributed by atoms with Gasteiger partial charge in [-0.2, -0.15) is 0 Å². The normalized spacial score (nSPS) is 11.3. The molecular formula is C66H44. The van der Waals surface area contributed by atoms with Gasteiger partial charge in [-0.05, 0) is 170 Å². The summed E-state index contributed by atoms with van der Waals surface area (Å²) >= 11 is 0. The van der Waals surface area contributed by atoms with Crippen LogP contribution in [0.2, 0.25) is 0 Å². The van der Waals surface area contributed by atoms with Crippen LogP contribution >= 0.6 is 0 Å². The van der Waals surface area contributed by atoms with E-state index in [0.717, 1.165) is 0 Å². The number of benzene rings is 12. The molecule has 0 bridgehead atoms. The quantitative estimate of drug-likeness (QED) is 0.143. The molecule has 0 nitrogen and oxygen atoms in total. The molecule has 0 heterocycles. The van der Waals surface area contributed by atoms with Gasteiger partial charge in [-0.3, -0.25) is 0 Å². The Hall–Kier alpha value is -8.58. The molecule has 0 radical (unpaired) electrons. The van der Waals surface area contributed by atoms with Crippen LogP contribution in [0.4, 0.5) is 0 Å². The average molecular weight is 837 g/mol. The molecule has 12 aromatic carbocycles. The Morgan fingerprint density at radius 3 is 0.833 bits per heavy atom. The first-order valence-corrected chi connectivity index (χ1v) is 22.8. The van der Waals surface area contributed by atoms with Crippen molar-refractivity contribution in [3.05, 3.63) is 267 Å². The van der Waals surface area contributed by atoms with E-state index in [1.807, 2.05) is 0 Å². The fourth-order valence-electron chi connectivity index (χ4n) is 9.95. The monoisotopic (exact) mass is 836 g/mol. The third-order valence-corrected chi connectivity index (χ3v) is 13.2. The maximum absolute atomic E-state index is 2.39. The summed E-state index contributed by atoms with van der Waals surface area (Å²) in [7, 11) is 0. The predicted octanol–water partition coefficient (Wildman–Crippen LogP) is 18.5. The summed E-state index contributed by atoms with van der Waals surface area (Å²) in [6.45, 7) is 0. The highest BCUT2D eigenvalue weighted by Gasteiger charge is 2.20. The summed E-state index contributed by atoms with van der Waals surface area (Å²) in [5.74, 6) is 0. The Morgan fingerprint density at radius 1 is 0.152 bits per heavy atom. The third-order valence-electron chi connectivity index (χ3n) is 13.2. The molecule has 0 aliphatic carbocycles. The first-order chi connectivity index (χ1) is 32.7. The van der Waals surface area contributed by atoms with Crippen LogP contribution in [-0.2, 0) is 0 Å². The highest BCUT2D eigenvalue weighted by molar-refractivity contribution is 6.13. The first kappa shape index (κ1) is 39.0. The minimum absolute atomic E-state index is 1.18. The van der Waals surface area contributed by atoms with Crippen LogP contribution in [0.5, 0.6) is 0 Å². The molecule has 0 saturated heterocycles. The Labute approximate surface area is 386 Å². The SMILES string of the molecule is c1ccc(-c2cc(-c3ccc4ccccc4c3)cc(-c3ccc4c(-c5ccccc5)c(-c5cc(-c6ccccc6)cc(-c6ccc7ccccc7c6)c5)ccc4c3-c3ccccc3)c2)cc1. The third kappa shape index (κ3) is 7.35. The summed E-state index contributed by atoms with van der Waals surface area (Å²) in [5.41, 5.74) is 19.1. The van der Waals surface area contributed by atoms with E-state index in [1.54, 1.807) is 0 Å². The number of hydrogen-bond donors (Lipinski definition) is 0. The van der Waals surface area contributed by atoms with E-state index < -0.39 is 0 Å². The van der Waals surface area contributed by atoms with Gasteiger partial charge in [-0.25, -0.2) is 0 Å². The topological polar surface area (TPSA) is 0 Å². The van der Waals surface area contributed by atoms with Crippen LogP contribution in [0.25, 0.3) is 121 Å². The van der Waals surface area contributed by atoms with Crippen LogP contribution in [0.1, 0.15) is 0 Å². The van der Waals surface area contributed by atoms with Gasteiger partial charge in [-0.15, -0.1) is 0 Å². The van der Waals surface area contributed by atoms with Crippen molar-refractivity contribution < 1.29 is 0 Å². The van der Waals surface area contributed by atoms with E-state index >= 15 is 0 Å². The van der Waals surface area contributed by atoms with Gasteiger partial charge in [-0.1, -0.05) is 218 Å². The molecule has 0 atom stereocenters. The van der Waals surface area contributed by atoms with Gasteiger partial charge in [0.2, 0.25) is 0 Å². The minimum atomic E-state index is 1.18. The van der Waals surface area contributed by atoms with E-state index in [-0.39, 0.29) is 0 Å². The van der Waals surface area contributed by atoms with Crippen molar-refractivity contribution >= 4 is 32.3 Å². The second-order valence-electron chi connectivity index (χ2n) is 17.3. The van der Waals surface area contributed by atoms with Crippen LogP contribution < -0.4 is 0 Å². The zero-order valence-electron chi connectivity index (χ0n) is 36.4. The molecule has 0 aliphatic rings. The highest BCUT2D eigenvalue weighted by atomic mass is 14.2. The molecule has 0 unspecified atom stereocenters. The van der Waals surface area contributed by atoms with E-state index in [0.29, 0.717) is 0 Å². The van der Waals surface area contributed by atoms with Crippen LogP contribution in [0.3, 0.4) is 0 Å². The molecule has 12 rings (SSSR count). The lowest BCUT2D eigenvalue weighted by Crippen LogP contribution is -1.94. The average Bonchev–Trinajstić information content (AvgIpc) is 3.40. The van der Waals surface area contributed by atoms with Crippen molar-refractivity contribution in [1.82, 2.24) is 0 Å². The largest absolute Gasteiger partial charge is 0.0622 e. The molecule has 0 aliphatic heterocycles. The molecule has 0 saturated carbocycles. The van der Waals surface area contributed by atoms with Gasteiger partial charge in [0.05, 0.1) is 0 Å². The van der Waals surface area contributed by atoms with Gasteiger partial charge in [0.1, 0.15) is 0 Å². The highest BCUT2D eigenvalue weighted by Crippen LogP contribution is 2.47. The molecule has 0 aromatic heterocycles. The minimum Gasteiger partial charge on any atom is -0.0622 e. The maximum atomic E-state index is 2.39. The maximum Gasteiger partial charge on any atom is -0.00266 e. The van der Waals surface area contributed by atoms with Crippen molar-refractivity contribution in [2.24, 2.45) is 0 Å². The van der Waals surface area contributed by atoms with Crippen molar-refractivity contribution in [2.45, 2.75) is 0 Å². The summed E-state index contributed by atoms with van der Waals surface area (Å²) < 4.78 is 0. The van der Waals surface area contributed by atoms with Crippen LogP contribution in [0.15, 0.2) is 267 Å². The van der Waals surface area contributed by atoms with Crippen LogP contribution in [0, 0.1) is 0 Å². The zero-order chi connectivity index (χ0) is 43.8. The second kappa shape index (κ2) is 16.8. The van der Waals surface area contributed by atoms with Gasteiger partial charge < -0.3 is 0 Å². The van der Waals surface area contributed by atoms with Crippen molar-refractivity contribution in [3.63, 3.8) is 0 Å². The van der Waals surface area contributed by atoms with Gasteiger partial charge >= 0.3 is 0 Å². The molecule has 0 N–H and O–H groups in total.